The maximum atomic E-state index is 11.3. The molecule has 0 saturated carbocycles. The molecule has 3 N–H and O–H groups in total. The third kappa shape index (κ3) is 7.39. The SMILES string of the molecule is CCC(Br)(CC)C(=O)NC(N)=O.c1ccc(Oc2ccccc2)cc1. The number of alkyl halides is 1. The molecule has 0 atom stereocenters. The Hall–Kier alpha value is -2.34. The summed E-state index contributed by atoms with van der Waals surface area (Å²) in [5, 5.41) is 2.04. The molecule has 0 aromatic heterocycles. The fourth-order valence-electron chi connectivity index (χ4n) is 1.91. The normalized spacial score (nSPS) is 10.2. The topological polar surface area (TPSA) is 81.4 Å². The van der Waals surface area contributed by atoms with E-state index >= 15 is 0 Å². The molecule has 0 aliphatic heterocycles. The summed E-state index contributed by atoms with van der Waals surface area (Å²) in [5.41, 5.74) is 4.81. The highest BCUT2D eigenvalue weighted by Crippen LogP contribution is 2.26. The highest BCUT2D eigenvalue weighted by molar-refractivity contribution is 9.10. The molecule has 134 valence electrons. The summed E-state index contributed by atoms with van der Waals surface area (Å²) >= 11 is 3.26. The Morgan fingerprint density at radius 2 is 1.36 bits per heavy atom. The van der Waals surface area contributed by atoms with Crippen molar-refractivity contribution in [2.45, 2.75) is 31.0 Å². The number of amides is 3. The minimum absolute atomic E-state index is 0.375. The van der Waals surface area contributed by atoms with Gasteiger partial charge in [0.25, 0.3) is 0 Å². The number of benzene rings is 2. The van der Waals surface area contributed by atoms with Gasteiger partial charge in [-0.15, -0.1) is 0 Å². The van der Waals surface area contributed by atoms with Crippen LogP contribution in [0.1, 0.15) is 26.7 Å². The number of primary amides is 1. The smallest absolute Gasteiger partial charge is 0.318 e. The summed E-state index contributed by atoms with van der Waals surface area (Å²) in [7, 11) is 0. The van der Waals surface area contributed by atoms with E-state index < -0.39 is 10.4 Å². The quantitative estimate of drug-likeness (QED) is 0.710. The second-order valence-electron chi connectivity index (χ2n) is 5.22. The molecule has 6 heteroatoms. The molecule has 0 aliphatic rings. The maximum absolute atomic E-state index is 11.3. The first kappa shape index (κ1) is 20.7. The van der Waals surface area contributed by atoms with E-state index in [1.54, 1.807) is 0 Å². The average molecular weight is 407 g/mol. The van der Waals surface area contributed by atoms with Crippen LogP contribution in [-0.2, 0) is 4.79 Å². The van der Waals surface area contributed by atoms with Crippen molar-refractivity contribution in [3.05, 3.63) is 60.7 Å². The number of para-hydroxylation sites is 2. The molecular weight excluding hydrogens is 384 g/mol. The van der Waals surface area contributed by atoms with Crippen LogP contribution in [0.4, 0.5) is 4.79 Å². The average Bonchev–Trinajstić information content (AvgIpc) is 2.62. The Morgan fingerprint density at radius 1 is 0.960 bits per heavy atom. The van der Waals surface area contributed by atoms with Crippen LogP contribution in [0, 0.1) is 0 Å². The second-order valence-corrected chi connectivity index (χ2v) is 6.74. The number of urea groups is 1. The summed E-state index contributed by atoms with van der Waals surface area (Å²) in [6.07, 6.45) is 1.23. The van der Waals surface area contributed by atoms with Crippen molar-refractivity contribution in [2.24, 2.45) is 5.73 Å². The molecule has 0 heterocycles. The minimum Gasteiger partial charge on any atom is -0.457 e. The molecule has 0 spiro atoms. The van der Waals surface area contributed by atoms with Crippen LogP contribution in [0.5, 0.6) is 11.5 Å². The lowest BCUT2D eigenvalue weighted by atomic mass is 10.0. The van der Waals surface area contributed by atoms with Gasteiger partial charge in [-0.25, -0.2) is 4.79 Å². The Bertz CT molecular complexity index is 621. The number of ether oxygens (including phenoxy) is 1. The fourth-order valence-corrected chi connectivity index (χ4v) is 2.01. The number of nitrogens with one attached hydrogen (secondary N) is 1. The van der Waals surface area contributed by atoms with Gasteiger partial charge in [-0.3, -0.25) is 10.1 Å². The van der Waals surface area contributed by atoms with Crippen LogP contribution in [0.15, 0.2) is 60.7 Å². The van der Waals surface area contributed by atoms with Gasteiger partial charge >= 0.3 is 6.03 Å². The van der Waals surface area contributed by atoms with Gasteiger partial charge in [-0.1, -0.05) is 66.2 Å². The number of hydrogen-bond donors (Lipinski definition) is 2. The van der Waals surface area contributed by atoms with E-state index in [0.29, 0.717) is 12.8 Å². The summed E-state index contributed by atoms with van der Waals surface area (Å²) in [6, 6.07) is 18.7. The molecule has 25 heavy (non-hydrogen) atoms. The van der Waals surface area contributed by atoms with Crippen LogP contribution in [0.2, 0.25) is 0 Å². The highest BCUT2D eigenvalue weighted by Gasteiger charge is 2.32. The van der Waals surface area contributed by atoms with Gasteiger partial charge < -0.3 is 10.5 Å². The van der Waals surface area contributed by atoms with Gasteiger partial charge in [0.15, 0.2) is 0 Å². The third-order valence-corrected chi connectivity index (χ3v) is 4.97. The number of carbonyl (C=O) groups excluding carboxylic acids is 2. The number of hydrogen-bond acceptors (Lipinski definition) is 3. The molecule has 2 aromatic carbocycles. The zero-order valence-corrected chi connectivity index (χ0v) is 16.0. The van der Waals surface area contributed by atoms with E-state index in [-0.39, 0.29) is 5.91 Å². The number of rotatable bonds is 5. The molecule has 2 aromatic rings. The van der Waals surface area contributed by atoms with Crippen molar-refractivity contribution in [2.75, 3.05) is 0 Å². The Balaban J connectivity index is 0.000000252. The number of nitrogens with two attached hydrogens (primary N) is 1. The first-order chi connectivity index (χ1) is 11.9. The summed E-state index contributed by atoms with van der Waals surface area (Å²) in [4.78, 5) is 21.6. The lowest BCUT2D eigenvalue weighted by Gasteiger charge is -2.21. The van der Waals surface area contributed by atoms with Gasteiger partial charge in [0.1, 0.15) is 15.8 Å². The fraction of sp³-hybridized carbons (Fsp3) is 0.263. The van der Waals surface area contributed by atoms with Crippen molar-refractivity contribution in [1.82, 2.24) is 5.32 Å². The predicted octanol–water partition coefficient (Wildman–Crippen LogP) is 4.61. The van der Waals surface area contributed by atoms with Crippen LogP contribution in [-0.4, -0.2) is 16.3 Å². The monoisotopic (exact) mass is 406 g/mol. The second kappa shape index (κ2) is 10.5. The summed E-state index contributed by atoms with van der Waals surface area (Å²) < 4.78 is 4.91. The van der Waals surface area contributed by atoms with Gasteiger partial charge in [-0.05, 0) is 37.1 Å². The van der Waals surface area contributed by atoms with E-state index in [4.69, 9.17) is 10.5 Å². The maximum Gasteiger partial charge on any atom is 0.318 e. The molecule has 2 rings (SSSR count). The lowest BCUT2D eigenvalue weighted by molar-refractivity contribution is -0.122. The van der Waals surface area contributed by atoms with Crippen LogP contribution >= 0.6 is 15.9 Å². The van der Waals surface area contributed by atoms with Gasteiger partial charge in [0, 0.05) is 0 Å². The molecule has 3 amide bonds. The Labute approximate surface area is 156 Å². The lowest BCUT2D eigenvalue weighted by Crippen LogP contribution is -2.46. The largest absolute Gasteiger partial charge is 0.457 e. The molecule has 0 bridgehead atoms. The number of halogens is 1. The van der Waals surface area contributed by atoms with E-state index in [0.717, 1.165) is 11.5 Å². The highest BCUT2D eigenvalue weighted by atomic mass is 79.9. The van der Waals surface area contributed by atoms with Gasteiger partial charge in [0.05, 0.1) is 0 Å². The zero-order chi connectivity index (χ0) is 18.7. The minimum atomic E-state index is -0.814. The number of imide groups is 1. The standard InChI is InChI=1S/C12H10O.C7H13BrN2O2/c1-3-7-11(8-4-1)13-12-9-5-2-6-10-12;1-3-7(8,4-2)5(11)10-6(9)12/h1-10H;3-4H2,1-2H3,(H3,9,10,11,12). The molecule has 0 unspecified atom stereocenters. The first-order valence-electron chi connectivity index (χ1n) is 7.99. The van der Waals surface area contributed by atoms with E-state index in [1.165, 1.54) is 0 Å². The molecule has 0 fully saturated rings. The Morgan fingerprint density at radius 3 is 1.68 bits per heavy atom. The number of carbonyl (C=O) groups is 2. The van der Waals surface area contributed by atoms with E-state index in [2.05, 4.69) is 15.9 Å². The third-order valence-electron chi connectivity index (χ3n) is 3.49. The molecule has 5 nitrogen and oxygen atoms in total. The van der Waals surface area contributed by atoms with Crippen molar-refractivity contribution < 1.29 is 14.3 Å². The predicted molar refractivity (Wildman–Crippen MR) is 103 cm³/mol. The van der Waals surface area contributed by atoms with E-state index in [1.807, 2.05) is 79.8 Å². The van der Waals surface area contributed by atoms with Crippen LogP contribution in [0.3, 0.4) is 0 Å². The first-order valence-corrected chi connectivity index (χ1v) is 8.78. The summed E-state index contributed by atoms with van der Waals surface area (Å²) in [5.74, 6) is 1.36. The molecule has 0 radical (unpaired) electrons. The van der Waals surface area contributed by atoms with Crippen LogP contribution < -0.4 is 15.8 Å². The Kier molecular flexibility index (Phi) is 8.70. The van der Waals surface area contributed by atoms with Gasteiger partial charge in [0.2, 0.25) is 5.91 Å². The molecule has 0 saturated heterocycles. The van der Waals surface area contributed by atoms with Crippen LogP contribution in [0.25, 0.3) is 0 Å². The molecule has 0 aliphatic carbocycles. The zero-order valence-electron chi connectivity index (χ0n) is 14.4. The van der Waals surface area contributed by atoms with Gasteiger partial charge in [-0.2, -0.15) is 0 Å². The van der Waals surface area contributed by atoms with Crippen molar-refractivity contribution >= 4 is 27.9 Å². The van der Waals surface area contributed by atoms with E-state index in [9.17, 15) is 9.59 Å². The van der Waals surface area contributed by atoms with Crippen molar-refractivity contribution in [3.63, 3.8) is 0 Å². The molecular formula is C19H23BrN2O3. The van der Waals surface area contributed by atoms with Crippen molar-refractivity contribution in [1.29, 1.82) is 0 Å². The summed E-state index contributed by atoms with van der Waals surface area (Å²) in [6.45, 7) is 3.72. The van der Waals surface area contributed by atoms with Crippen molar-refractivity contribution in [3.8, 4) is 11.5 Å².